The van der Waals surface area contributed by atoms with E-state index in [9.17, 15) is 0 Å². The van der Waals surface area contributed by atoms with Gasteiger partial charge in [0.15, 0.2) is 0 Å². The molecule has 0 aromatic rings. The lowest BCUT2D eigenvalue weighted by Crippen LogP contribution is -2.10. The van der Waals surface area contributed by atoms with Gasteiger partial charge in [-0.1, -0.05) is 120 Å². The molecule has 0 aliphatic heterocycles. The molecule has 0 rings (SSSR count). The fourth-order valence-electron chi connectivity index (χ4n) is 3.01. The van der Waals surface area contributed by atoms with Crippen molar-refractivity contribution in [2.75, 3.05) is 0 Å². The van der Waals surface area contributed by atoms with Gasteiger partial charge in [-0.25, -0.2) is 0 Å². The summed E-state index contributed by atoms with van der Waals surface area (Å²) in [5, 5.41) is 0. The average molecular weight is 361 g/mol. The van der Waals surface area contributed by atoms with Gasteiger partial charge in [0.25, 0.3) is 0 Å². The molecule has 0 N–H and O–H groups in total. The molecule has 0 aliphatic rings. The smallest absolute Gasteiger partial charge is 0.0171 e. The van der Waals surface area contributed by atoms with Crippen molar-refractivity contribution in [3.05, 3.63) is 0 Å². The molecule has 0 spiro atoms. The van der Waals surface area contributed by atoms with Crippen LogP contribution in [0.15, 0.2) is 0 Å². The topological polar surface area (TPSA) is 0 Å². The molecule has 128 valence electrons. The van der Waals surface area contributed by atoms with Crippen LogP contribution in [0.4, 0.5) is 0 Å². The molecule has 0 bridgehead atoms. The van der Waals surface area contributed by atoms with Crippen LogP contribution in [0.1, 0.15) is 117 Å². The molecule has 2 atom stereocenters. The minimum atomic E-state index is 0.753. The molecule has 0 saturated carbocycles. The Balaban J connectivity index is 3.32. The summed E-state index contributed by atoms with van der Waals surface area (Å²) in [6.07, 6.45) is 21.4. The maximum atomic E-state index is 3.92. The summed E-state index contributed by atoms with van der Waals surface area (Å²) in [6, 6.07) is 0. The number of halogens is 1. The zero-order chi connectivity index (χ0) is 15.8. The summed E-state index contributed by atoms with van der Waals surface area (Å²) in [4.78, 5) is 0.753. The van der Waals surface area contributed by atoms with E-state index in [1.54, 1.807) is 0 Å². The van der Waals surface area contributed by atoms with Gasteiger partial charge in [-0.15, -0.1) is 0 Å². The molecule has 2 unspecified atom stereocenters. The fourth-order valence-corrected chi connectivity index (χ4v) is 3.60. The number of hydrogen-bond donors (Lipinski definition) is 0. The first-order valence-corrected chi connectivity index (χ1v) is 10.8. The molecular weight excluding hydrogens is 320 g/mol. The van der Waals surface area contributed by atoms with E-state index in [4.69, 9.17) is 0 Å². The first kappa shape index (κ1) is 21.5. The molecule has 0 fully saturated rings. The van der Waals surface area contributed by atoms with Crippen molar-refractivity contribution in [1.82, 2.24) is 0 Å². The highest BCUT2D eigenvalue weighted by atomic mass is 79.9. The molecular formula is C20H41Br. The van der Waals surface area contributed by atoms with Crippen molar-refractivity contribution in [3.63, 3.8) is 0 Å². The van der Waals surface area contributed by atoms with Gasteiger partial charge in [-0.05, 0) is 18.8 Å². The molecule has 0 aliphatic carbocycles. The van der Waals surface area contributed by atoms with Crippen molar-refractivity contribution in [2.45, 2.75) is 122 Å². The standard InChI is InChI=1S/C20H41Br/c1-4-6-8-10-11-12-14-15-17-19(3)20(21)18-16-13-9-7-5-2/h19-20H,4-18H2,1-3H3. The van der Waals surface area contributed by atoms with Crippen LogP contribution in [0, 0.1) is 5.92 Å². The molecule has 0 nitrogen and oxygen atoms in total. The van der Waals surface area contributed by atoms with Crippen LogP contribution in [-0.2, 0) is 0 Å². The van der Waals surface area contributed by atoms with Crippen LogP contribution in [0.2, 0.25) is 0 Å². The summed E-state index contributed by atoms with van der Waals surface area (Å²) in [6.45, 7) is 7.02. The third-order valence-electron chi connectivity index (χ3n) is 4.71. The Bertz CT molecular complexity index is 190. The lowest BCUT2D eigenvalue weighted by Gasteiger charge is -2.18. The van der Waals surface area contributed by atoms with Crippen LogP contribution in [0.5, 0.6) is 0 Å². The Morgan fingerprint density at radius 1 is 0.571 bits per heavy atom. The molecule has 0 aromatic carbocycles. The molecule has 21 heavy (non-hydrogen) atoms. The lowest BCUT2D eigenvalue weighted by molar-refractivity contribution is 0.446. The van der Waals surface area contributed by atoms with Gasteiger partial charge in [0.1, 0.15) is 0 Å². The maximum absolute atomic E-state index is 3.92. The molecule has 0 saturated heterocycles. The molecule has 0 aromatic heterocycles. The lowest BCUT2D eigenvalue weighted by atomic mass is 9.95. The first-order valence-electron chi connectivity index (χ1n) is 9.86. The van der Waals surface area contributed by atoms with E-state index in [1.807, 2.05) is 0 Å². The van der Waals surface area contributed by atoms with Gasteiger partial charge in [-0.3, -0.25) is 0 Å². The number of rotatable bonds is 16. The Morgan fingerprint density at radius 2 is 0.952 bits per heavy atom. The summed E-state index contributed by atoms with van der Waals surface area (Å²) < 4.78 is 0. The van der Waals surface area contributed by atoms with Crippen molar-refractivity contribution in [3.8, 4) is 0 Å². The summed E-state index contributed by atoms with van der Waals surface area (Å²) in [7, 11) is 0. The van der Waals surface area contributed by atoms with Crippen LogP contribution in [0.25, 0.3) is 0 Å². The van der Waals surface area contributed by atoms with Gasteiger partial charge in [0, 0.05) is 4.83 Å². The zero-order valence-electron chi connectivity index (χ0n) is 15.1. The summed E-state index contributed by atoms with van der Waals surface area (Å²) >= 11 is 3.92. The van der Waals surface area contributed by atoms with Crippen LogP contribution in [0.3, 0.4) is 0 Å². The second kappa shape index (κ2) is 16.8. The predicted molar refractivity (Wildman–Crippen MR) is 102 cm³/mol. The van der Waals surface area contributed by atoms with E-state index in [-0.39, 0.29) is 0 Å². The van der Waals surface area contributed by atoms with E-state index in [0.717, 1.165) is 10.7 Å². The van der Waals surface area contributed by atoms with Gasteiger partial charge in [-0.2, -0.15) is 0 Å². The van der Waals surface area contributed by atoms with E-state index >= 15 is 0 Å². The van der Waals surface area contributed by atoms with Crippen molar-refractivity contribution in [1.29, 1.82) is 0 Å². The van der Waals surface area contributed by atoms with E-state index in [2.05, 4.69) is 36.7 Å². The van der Waals surface area contributed by atoms with Gasteiger partial charge in [0.2, 0.25) is 0 Å². The van der Waals surface area contributed by atoms with Gasteiger partial charge < -0.3 is 0 Å². The second-order valence-electron chi connectivity index (χ2n) is 6.96. The highest BCUT2D eigenvalue weighted by Gasteiger charge is 2.12. The number of hydrogen-bond acceptors (Lipinski definition) is 0. The van der Waals surface area contributed by atoms with Crippen LogP contribution < -0.4 is 0 Å². The monoisotopic (exact) mass is 360 g/mol. The third kappa shape index (κ3) is 15.2. The van der Waals surface area contributed by atoms with Crippen LogP contribution in [-0.4, -0.2) is 4.83 Å². The van der Waals surface area contributed by atoms with Crippen LogP contribution >= 0.6 is 15.9 Å². The largest absolute Gasteiger partial charge is 0.0888 e. The second-order valence-corrected chi connectivity index (χ2v) is 8.14. The van der Waals surface area contributed by atoms with E-state index in [0.29, 0.717) is 0 Å². The Labute approximate surface area is 144 Å². The Kier molecular flexibility index (Phi) is 17.2. The fraction of sp³-hybridized carbons (Fsp3) is 1.00. The minimum absolute atomic E-state index is 0.753. The quantitative estimate of drug-likeness (QED) is 0.192. The predicted octanol–water partition coefficient (Wildman–Crippen LogP) is 8.28. The highest BCUT2D eigenvalue weighted by molar-refractivity contribution is 9.09. The van der Waals surface area contributed by atoms with E-state index in [1.165, 1.54) is 96.3 Å². The summed E-state index contributed by atoms with van der Waals surface area (Å²) in [5.41, 5.74) is 0. The molecule has 0 amide bonds. The minimum Gasteiger partial charge on any atom is -0.0888 e. The maximum Gasteiger partial charge on any atom is 0.0171 e. The van der Waals surface area contributed by atoms with E-state index < -0.39 is 0 Å². The first-order chi connectivity index (χ1) is 10.2. The van der Waals surface area contributed by atoms with Crippen molar-refractivity contribution >= 4 is 15.9 Å². The number of unbranched alkanes of at least 4 members (excludes halogenated alkanes) is 11. The molecule has 0 heterocycles. The number of alkyl halides is 1. The Morgan fingerprint density at radius 3 is 1.43 bits per heavy atom. The molecule has 1 heteroatoms. The SMILES string of the molecule is CCCCCCCCCCC(C)C(Br)CCCCCCC. The van der Waals surface area contributed by atoms with Crippen molar-refractivity contribution in [2.24, 2.45) is 5.92 Å². The third-order valence-corrected chi connectivity index (χ3v) is 6.07. The molecule has 0 radical (unpaired) electrons. The van der Waals surface area contributed by atoms with Crippen molar-refractivity contribution < 1.29 is 0 Å². The summed E-state index contributed by atoms with van der Waals surface area (Å²) in [5.74, 6) is 0.858. The Hall–Kier alpha value is 0.480. The normalized spacial score (nSPS) is 14.3. The van der Waals surface area contributed by atoms with Gasteiger partial charge >= 0.3 is 0 Å². The zero-order valence-corrected chi connectivity index (χ0v) is 16.7. The highest BCUT2D eigenvalue weighted by Crippen LogP contribution is 2.24. The average Bonchev–Trinajstić information content (AvgIpc) is 2.49. The van der Waals surface area contributed by atoms with Gasteiger partial charge in [0.05, 0.1) is 0 Å².